The van der Waals surface area contributed by atoms with E-state index in [0.29, 0.717) is 23.5 Å². The first kappa shape index (κ1) is 20.1. The number of ether oxygens (including phenoxy) is 1. The van der Waals surface area contributed by atoms with Crippen molar-refractivity contribution in [1.82, 2.24) is 14.9 Å². The second kappa shape index (κ2) is 8.27. The van der Waals surface area contributed by atoms with Crippen LogP contribution in [0.4, 0.5) is 8.78 Å². The van der Waals surface area contributed by atoms with E-state index in [1.807, 2.05) is 0 Å². The number of imidazole rings is 1. The number of hydrogen-bond acceptors (Lipinski definition) is 4. The lowest BCUT2D eigenvalue weighted by Crippen LogP contribution is -2.35. The SMILES string of the molecule is O=C(NCC(O)COc1ccc(F)c(F)c1)c1ccc2c(c1)[nH]c(=O)n2CC1CC1. The summed E-state index contributed by atoms with van der Waals surface area (Å²) >= 11 is 0. The van der Waals surface area contributed by atoms with Gasteiger partial charge in [-0.2, -0.15) is 0 Å². The van der Waals surface area contributed by atoms with Crippen molar-refractivity contribution in [1.29, 1.82) is 0 Å². The van der Waals surface area contributed by atoms with Crippen LogP contribution in [-0.2, 0) is 6.54 Å². The zero-order valence-electron chi connectivity index (χ0n) is 16.0. The highest BCUT2D eigenvalue weighted by Crippen LogP contribution is 2.31. The summed E-state index contributed by atoms with van der Waals surface area (Å²) in [6.45, 7) is 0.371. The number of hydrogen-bond donors (Lipinski definition) is 3. The Hall–Kier alpha value is -3.20. The smallest absolute Gasteiger partial charge is 0.326 e. The number of nitrogens with zero attached hydrogens (tertiary/aromatic N) is 1. The van der Waals surface area contributed by atoms with Gasteiger partial charge in [-0.1, -0.05) is 0 Å². The second-order valence-corrected chi connectivity index (χ2v) is 7.47. The molecule has 1 saturated carbocycles. The Morgan fingerprint density at radius 1 is 1.23 bits per heavy atom. The van der Waals surface area contributed by atoms with Gasteiger partial charge in [-0.15, -0.1) is 0 Å². The van der Waals surface area contributed by atoms with Gasteiger partial charge in [0.05, 0.1) is 11.0 Å². The number of aliphatic hydroxyl groups is 1. The summed E-state index contributed by atoms with van der Waals surface area (Å²) in [4.78, 5) is 27.3. The van der Waals surface area contributed by atoms with E-state index in [0.717, 1.165) is 30.5 Å². The van der Waals surface area contributed by atoms with Crippen LogP contribution in [0.25, 0.3) is 11.0 Å². The molecular formula is C21H21F2N3O4. The van der Waals surface area contributed by atoms with Gasteiger partial charge < -0.3 is 20.1 Å². The first-order valence-electron chi connectivity index (χ1n) is 9.67. The number of halogens is 2. The van der Waals surface area contributed by atoms with Gasteiger partial charge in [0, 0.05) is 24.7 Å². The molecule has 158 valence electrons. The fraction of sp³-hybridized carbons (Fsp3) is 0.333. The lowest BCUT2D eigenvalue weighted by Gasteiger charge is -2.13. The minimum Gasteiger partial charge on any atom is -0.491 e. The number of carbonyl (C=O) groups excluding carboxylic acids is 1. The quantitative estimate of drug-likeness (QED) is 0.524. The van der Waals surface area contributed by atoms with E-state index in [1.165, 1.54) is 6.07 Å². The number of aliphatic hydroxyl groups excluding tert-OH is 1. The van der Waals surface area contributed by atoms with Crippen molar-refractivity contribution in [2.24, 2.45) is 5.92 Å². The highest BCUT2D eigenvalue weighted by molar-refractivity contribution is 5.97. The summed E-state index contributed by atoms with van der Waals surface area (Å²) < 4.78 is 32.9. The molecule has 1 atom stereocenters. The molecule has 30 heavy (non-hydrogen) atoms. The van der Waals surface area contributed by atoms with E-state index in [2.05, 4.69) is 10.3 Å². The number of rotatable bonds is 8. The average molecular weight is 417 g/mol. The molecule has 3 N–H and O–H groups in total. The van der Waals surface area contributed by atoms with E-state index in [4.69, 9.17) is 4.74 Å². The summed E-state index contributed by atoms with van der Waals surface area (Å²) in [6.07, 6.45) is 1.20. The fourth-order valence-electron chi connectivity index (χ4n) is 3.18. The van der Waals surface area contributed by atoms with Crippen molar-refractivity contribution in [2.45, 2.75) is 25.5 Å². The number of benzene rings is 2. The van der Waals surface area contributed by atoms with E-state index in [1.54, 1.807) is 22.8 Å². The molecule has 3 aromatic rings. The first-order chi connectivity index (χ1) is 14.4. The van der Waals surface area contributed by atoms with E-state index >= 15 is 0 Å². The van der Waals surface area contributed by atoms with Crippen LogP contribution in [-0.4, -0.2) is 39.8 Å². The summed E-state index contributed by atoms with van der Waals surface area (Å²) in [5.74, 6) is -1.84. The third kappa shape index (κ3) is 4.51. The van der Waals surface area contributed by atoms with Crippen LogP contribution >= 0.6 is 0 Å². The van der Waals surface area contributed by atoms with Gasteiger partial charge in [-0.3, -0.25) is 9.36 Å². The van der Waals surface area contributed by atoms with Crippen LogP contribution in [0, 0.1) is 17.6 Å². The van der Waals surface area contributed by atoms with Crippen LogP contribution < -0.4 is 15.7 Å². The number of aromatic nitrogens is 2. The number of aromatic amines is 1. The van der Waals surface area contributed by atoms with Crippen LogP contribution in [0.5, 0.6) is 5.75 Å². The van der Waals surface area contributed by atoms with Gasteiger partial charge in [-0.05, 0) is 49.1 Å². The molecule has 1 fully saturated rings. The number of H-pyrrole nitrogens is 1. The number of carbonyl (C=O) groups is 1. The summed E-state index contributed by atoms with van der Waals surface area (Å²) in [7, 11) is 0. The van der Waals surface area contributed by atoms with Crippen molar-refractivity contribution in [2.75, 3.05) is 13.2 Å². The molecule has 1 aromatic heterocycles. The molecule has 0 radical (unpaired) electrons. The maximum absolute atomic E-state index is 13.1. The number of nitrogens with one attached hydrogen (secondary N) is 2. The number of amides is 1. The molecular weight excluding hydrogens is 396 g/mol. The lowest BCUT2D eigenvalue weighted by atomic mass is 10.2. The zero-order valence-corrected chi connectivity index (χ0v) is 16.0. The van der Waals surface area contributed by atoms with Crippen LogP contribution in [0.1, 0.15) is 23.2 Å². The Labute approximate surface area is 170 Å². The molecule has 1 unspecified atom stereocenters. The standard InChI is InChI=1S/C21H21F2N3O4/c22-16-5-4-15(8-17(16)23)30-11-14(27)9-24-20(28)13-3-6-19-18(7-13)25-21(29)26(19)10-12-1-2-12/h3-8,12,14,27H,1-2,9-11H2,(H,24,28)(H,25,29). The molecule has 0 aliphatic heterocycles. The topological polar surface area (TPSA) is 96.3 Å². The van der Waals surface area contributed by atoms with Crippen molar-refractivity contribution >= 4 is 16.9 Å². The maximum atomic E-state index is 13.1. The molecule has 7 nitrogen and oxygen atoms in total. The van der Waals surface area contributed by atoms with Gasteiger partial charge in [0.15, 0.2) is 11.6 Å². The Morgan fingerprint density at radius 2 is 2.03 bits per heavy atom. The fourth-order valence-corrected chi connectivity index (χ4v) is 3.18. The summed E-state index contributed by atoms with van der Waals surface area (Å²) in [5, 5.41) is 12.6. The predicted octanol–water partition coefficient (Wildman–Crippen LogP) is 2.19. The first-order valence-corrected chi connectivity index (χ1v) is 9.67. The van der Waals surface area contributed by atoms with Gasteiger partial charge in [0.1, 0.15) is 18.5 Å². The number of fused-ring (bicyclic) bond motifs is 1. The van der Waals surface area contributed by atoms with Crippen molar-refractivity contribution in [3.8, 4) is 5.75 Å². The Morgan fingerprint density at radius 3 is 2.77 bits per heavy atom. The van der Waals surface area contributed by atoms with Crippen molar-refractivity contribution in [3.63, 3.8) is 0 Å². The Balaban J connectivity index is 1.33. The average Bonchev–Trinajstić information content (AvgIpc) is 3.50. The second-order valence-electron chi connectivity index (χ2n) is 7.47. The highest BCUT2D eigenvalue weighted by atomic mass is 19.2. The molecule has 0 saturated heterocycles. The van der Waals surface area contributed by atoms with Crippen LogP contribution in [0.3, 0.4) is 0 Å². The van der Waals surface area contributed by atoms with Crippen molar-refractivity contribution in [3.05, 3.63) is 64.1 Å². The van der Waals surface area contributed by atoms with Crippen LogP contribution in [0.2, 0.25) is 0 Å². The molecule has 4 rings (SSSR count). The van der Waals surface area contributed by atoms with Gasteiger partial charge in [0.25, 0.3) is 5.91 Å². The molecule has 9 heteroatoms. The molecule has 0 spiro atoms. The van der Waals surface area contributed by atoms with E-state index < -0.39 is 23.6 Å². The molecule has 1 aliphatic rings. The zero-order chi connectivity index (χ0) is 21.3. The van der Waals surface area contributed by atoms with Gasteiger partial charge in [0.2, 0.25) is 0 Å². The predicted molar refractivity (Wildman–Crippen MR) is 105 cm³/mol. The summed E-state index contributed by atoms with van der Waals surface area (Å²) in [6, 6.07) is 8.00. The normalized spacial score (nSPS) is 14.6. The molecule has 1 aliphatic carbocycles. The Bertz CT molecular complexity index is 1140. The lowest BCUT2D eigenvalue weighted by molar-refractivity contribution is 0.0843. The molecule has 1 amide bonds. The van der Waals surface area contributed by atoms with Crippen molar-refractivity contribution < 1.29 is 23.4 Å². The third-order valence-corrected chi connectivity index (χ3v) is 5.01. The highest BCUT2D eigenvalue weighted by Gasteiger charge is 2.23. The molecule has 2 aromatic carbocycles. The monoisotopic (exact) mass is 417 g/mol. The minimum absolute atomic E-state index is 0.0735. The Kier molecular flexibility index (Phi) is 5.54. The summed E-state index contributed by atoms with van der Waals surface area (Å²) in [5.41, 5.74) is 1.48. The minimum atomic E-state index is -1.05. The molecule has 0 bridgehead atoms. The largest absolute Gasteiger partial charge is 0.491 e. The third-order valence-electron chi connectivity index (χ3n) is 5.01. The van der Waals surface area contributed by atoms with E-state index in [-0.39, 0.29) is 24.6 Å². The van der Waals surface area contributed by atoms with Crippen LogP contribution in [0.15, 0.2) is 41.2 Å². The van der Waals surface area contributed by atoms with E-state index in [9.17, 15) is 23.5 Å². The molecule has 1 heterocycles. The maximum Gasteiger partial charge on any atom is 0.326 e. The van der Waals surface area contributed by atoms with Gasteiger partial charge >= 0.3 is 5.69 Å². The van der Waals surface area contributed by atoms with Gasteiger partial charge in [-0.25, -0.2) is 13.6 Å².